The van der Waals surface area contributed by atoms with E-state index in [-0.39, 0.29) is 30.0 Å². The predicted molar refractivity (Wildman–Crippen MR) is 81.0 cm³/mol. The number of hydrogen-bond donors (Lipinski definition) is 3. The maximum atomic E-state index is 13.9. The summed E-state index contributed by atoms with van der Waals surface area (Å²) >= 11 is 0. The molecule has 8 nitrogen and oxygen atoms in total. The van der Waals surface area contributed by atoms with Crippen molar-refractivity contribution in [2.45, 2.75) is 6.61 Å². The number of aryl methyl sites for hydroxylation is 1. The van der Waals surface area contributed by atoms with Crippen LogP contribution in [0.1, 0.15) is 5.56 Å². The van der Waals surface area contributed by atoms with E-state index >= 15 is 0 Å². The molecule has 0 amide bonds. The van der Waals surface area contributed by atoms with Gasteiger partial charge in [-0.1, -0.05) is 0 Å². The quantitative estimate of drug-likeness (QED) is 0.554. The Balaban J connectivity index is 2.08. The number of benzene rings is 1. The first-order valence-corrected chi connectivity index (χ1v) is 6.27. The Morgan fingerprint density at radius 2 is 2.14 bits per heavy atom. The zero-order valence-corrected chi connectivity index (χ0v) is 11.9. The van der Waals surface area contributed by atoms with Gasteiger partial charge in [-0.15, -0.1) is 0 Å². The van der Waals surface area contributed by atoms with Crippen molar-refractivity contribution in [2.75, 3.05) is 0 Å². The number of hydrogen-bond acceptors (Lipinski definition) is 3. The van der Waals surface area contributed by atoms with E-state index in [0.29, 0.717) is 0 Å². The van der Waals surface area contributed by atoms with Crippen molar-refractivity contribution in [1.82, 2.24) is 9.78 Å². The van der Waals surface area contributed by atoms with Gasteiger partial charge in [0, 0.05) is 24.9 Å². The van der Waals surface area contributed by atoms with Gasteiger partial charge in [-0.2, -0.15) is 10.1 Å². The van der Waals surface area contributed by atoms with Crippen LogP contribution in [0.15, 0.2) is 40.6 Å². The van der Waals surface area contributed by atoms with Crippen LogP contribution >= 0.6 is 0 Å². The summed E-state index contributed by atoms with van der Waals surface area (Å²) in [5.41, 5.74) is 16.9. The average molecular weight is 305 g/mol. The standard InChI is InChI=1S/C13H16FN7O/c1-21-6-8(5-18-21)7-22-11-3-2-9(4-10(11)14)19-13(17)20-12(15)16/h2-6H,7H2,1H3,(H6,15,16,17,19,20). The SMILES string of the molecule is Cn1cc(COc2ccc(N=C(N)N=C(N)N)cc2F)cn1. The number of ether oxygens (including phenoxy) is 1. The van der Waals surface area contributed by atoms with Gasteiger partial charge in [0.25, 0.3) is 0 Å². The van der Waals surface area contributed by atoms with E-state index in [2.05, 4.69) is 15.1 Å². The molecule has 6 N–H and O–H groups in total. The molecule has 0 fully saturated rings. The van der Waals surface area contributed by atoms with Gasteiger partial charge in [-0.25, -0.2) is 9.38 Å². The molecule has 9 heteroatoms. The Labute approximate surface area is 126 Å². The lowest BCUT2D eigenvalue weighted by molar-refractivity contribution is 0.290. The molecule has 0 aliphatic heterocycles. The van der Waals surface area contributed by atoms with Crippen molar-refractivity contribution in [1.29, 1.82) is 0 Å². The number of nitrogens with zero attached hydrogens (tertiary/aromatic N) is 4. The van der Waals surface area contributed by atoms with Crippen molar-refractivity contribution < 1.29 is 9.13 Å². The second-order valence-electron chi connectivity index (χ2n) is 4.43. The Bertz CT molecular complexity index is 719. The van der Waals surface area contributed by atoms with E-state index in [4.69, 9.17) is 21.9 Å². The van der Waals surface area contributed by atoms with Gasteiger partial charge in [0.15, 0.2) is 17.5 Å². The van der Waals surface area contributed by atoms with Crippen LogP contribution in [-0.2, 0) is 13.7 Å². The summed E-state index contributed by atoms with van der Waals surface area (Å²) in [4.78, 5) is 7.40. The fourth-order valence-electron chi connectivity index (χ4n) is 1.67. The van der Waals surface area contributed by atoms with Crippen LogP contribution < -0.4 is 21.9 Å². The molecule has 0 radical (unpaired) electrons. The van der Waals surface area contributed by atoms with Gasteiger partial charge < -0.3 is 21.9 Å². The molecule has 0 bridgehead atoms. The molecule has 1 aromatic heterocycles. The molecule has 1 aromatic carbocycles. The summed E-state index contributed by atoms with van der Waals surface area (Å²) in [6, 6.07) is 4.16. The Morgan fingerprint density at radius 1 is 1.36 bits per heavy atom. The topological polar surface area (TPSA) is 130 Å². The largest absolute Gasteiger partial charge is 0.486 e. The molecular weight excluding hydrogens is 289 g/mol. The second kappa shape index (κ2) is 6.57. The highest BCUT2D eigenvalue weighted by Crippen LogP contribution is 2.23. The van der Waals surface area contributed by atoms with Gasteiger partial charge >= 0.3 is 0 Å². The Hall–Kier alpha value is -3.10. The van der Waals surface area contributed by atoms with Crippen LogP contribution in [0.4, 0.5) is 10.1 Å². The summed E-state index contributed by atoms with van der Waals surface area (Å²) in [5, 5.41) is 4.00. The average Bonchev–Trinajstić information content (AvgIpc) is 2.82. The number of guanidine groups is 2. The summed E-state index contributed by atoms with van der Waals surface area (Å²) in [5.74, 6) is -0.854. The number of aromatic nitrogens is 2. The highest BCUT2D eigenvalue weighted by Gasteiger charge is 2.06. The molecule has 0 aliphatic rings. The molecule has 0 saturated carbocycles. The van der Waals surface area contributed by atoms with Crippen molar-refractivity contribution in [3.63, 3.8) is 0 Å². The number of nitrogens with two attached hydrogens (primary N) is 3. The van der Waals surface area contributed by atoms with Gasteiger partial charge in [-0.3, -0.25) is 4.68 Å². The van der Waals surface area contributed by atoms with E-state index in [9.17, 15) is 4.39 Å². The highest BCUT2D eigenvalue weighted by atomic mass is 19.1. The van der Waals surface area contributed by atoms with E-state index in [1.165, 1.54) is 18.2 Å². The normalized spacial score (nSPS) is 11.3. The van der Waals surface area contributed by atoms with E-state index in [1.807, 2.05) is 0 Å². The van der Waals surface area contributed by atoms with Crippen LogP contribution in [0.2, 0.25) is 0 Å². The maximum Gasteiger partial charge on any atom is 0.223 e. The predicted octanol–water partition coefficient (Wildman–Crippen LogP) is 0.358. The summed E-state index contributed by atoms with van der Waals surface area (Å²) in [7, 11) is 1.79. The second-order valence-corrected chi connectivity index (χ2v) is 4.43. The zero-order chi connectivity index (χ0) is 16.1. The third kappa shape index (κ3) is 4.20. The Kier molecular flexibility index (Phi) is 4.57. The zero-order valence-electron chi connectivity index (χ0n) is 11.9. The number of halogens is 1. The molecular formula is C13H16FN7O. The van der Waals surface area contributed by atoms with Crippen molar-refractivity contribution in [3.05, 3.63) is 42.0 Å². The molecule has 0 saturated heterocycles. The van der Waals surface area contributed by atoms with Gasteiger partial charge in [0.1, 0.15) is 6.61 Å². The molecule has 1 heterocycles. The molecule has 2 rings (SSSR count). The number of rotatable bonds is 4. The van der Waals surface area contributed by atoms with Gasteiger partial charge in [0.05, 0.1) is 11.9 Å². The highest BCUT2D eigenvalue weighted by molar-refractivity contribution is 5.93. The Morgan fingerprint density at radius 3 is 2.73 bits per heavy atom. The van der Waals surface area contributed by atoms with Crippen LogP contribution in [0.3, 0.4) is 0 Å². The molecule has 0 aliphatic carbocycles. The first-order chi connectivity index (χ1) is 10.4. The summed E-state index contributed by atoms with van der Waals surface area (Å²) < 4.78 is 21.0. The van der Waals surface area contributed by atoms with E-state index in [0.717, 1.165) is 5.56 Å². The first kappa shape index (κ1) is 15.3. The third-order valence-corrected chi connectivity index (χ3v) is 2.56. The van der Waals surface area contributed by atoms with Crippen molar-refractivity contribution in [3.8, 4) is 5.75 Å². The van der Waals surface area contributed by atoms with E-state index in [1.54, 1.807) is 24.1 Å². The fraction of sp³-hybridized carbons (Fsp3) is 0.154. The van der Waals surface area contributed by atoms with Crippen LogP contribution in [-0.4, -0.2) is 21.7 Å². The minimum Gasteiger partial charge on any atom is -0.486 e. The molecule has 2 aromatic rings. The molecule has 0 spiro atoms. The molecule has 0 unspecified atom stereocenters. The monoisotopic (exact) mass is 305 g/mol. The molecule has 22 heavy (non-hydrogen) atoms. The van der Waals surface area contributed by atoms with Gasteiger partial charge in [0.2, 0.25) is 5.96 Å². The van der Waals surface area contributed by atoms with E-state index < -0.39 is 5.82 Å². The molecule has 116 valence electrons. The lowest BCUT2D eigenvalue weighted by Gasteiger charge is -2.06. The molecule has 0 atom stereocenters. The fourth-order valence-corrected chi connectivity index (χ4v) is 1.67. The smallest absolute Gasteiger partial charge is 0.223 e. The summed E-state index contributed by atoms with van der Waals surface area (Å²) in [6.45, 7) is 0.212. The third-order valence-electron chi connectivity index (χ3n) is 2.56. The van der Waals surface area contributed by atoms with Crippen molar-refractivity contribution in [2.24, 2.45) is 34.2 Å². The minimum absolute atomic E-state index is 0.100. The first-order valence-electron chi connectivity index (χ1n) is 6.27. The van der Waals surface area contributed by atoms with Crippen LogP contribution in [0.5, 0.6) is 5.75 Å². The minimum atomic E-state index is -0.567. The van der Waals surface area contributed by atoms with Gasteiger partial charge in [-0.05, 0) is 12.1 Å². The van der Waals surface area contributed by atoms with Crippen LogP contribution in [0, 0.1) is 5.82 Å². The summed E-state index contributed by atoms with van der Waals surface area (Å²) in [6.07, 6.45) is 3.43. The van der Waals surface area contributed by atoms with Crippen LogP contribution in [0.25, 0.3) is 0 Å². The number of aliphatic imine (C=N–C) groups is 2. The lowest BCUT2D eigenvalue weighted by atomic mass is 10.3. The lowest BCUT2D eigenvalue weighted by Crippen LogP contribution is -2.26. The van der Waals surface area contributed by atoms with Crippen molar-refractivity contribution >= 4 is 17.6 Å². The maximum absolute atomic E-state index is 13.9.